The molecule has 2 aromatic carbocycles. The van der Waals surface area contributed by atoms with Crippen molar-refractivity contribution in [2.24, 2.45) is 0 Å². The number of carbonyl (C=O) groups is 1. The molecule has 1 heterocycles. The first kappa shape index (κ1) is 26.3. The fourth-order valence-corrected chi connectivity index (χ4v) is 5.69. The molecule has 0 bridgehead atoms. The van der Waals surface area contributed by atoms with Gasteiger partial charge in [0.05, 0.1) is 16.6 Å². The highest BCUT2D eigenvalue weighted by Crippen LogP contribution is 2.46. The second kappa shape index (κ2) is 8.38. The van der Waals surface area contributed by atoms with Gasteiger partial charge in [0, 0.05) is 16.5 Å². The summed E-state index contributed by atoms with van der Waals surface area (Å²) in [5, 5.41) is 17.4. The third-order valence-corrected chi connectivity index (χ3v) is 7.76. The molecule has 0 spiro atoms. The number of nitrogens with one attached hydrogen (secondary N) is 1. The summed E-state index contributed by atoms with van der Waals surface area (Å²) in [5.74, 6) is -1.94. The van der Waals surface area contributed by atoms with E-state index in [4.69, 9.17) is 15.6 Å². The first-order chi connectivity index (χ1) is 16.9. The fourth-order valence-electron chi connectivity index (χ4n) is 4.20. The molecule has 194 valence electrons. The van der Waals surface area contributed by atoms with Crippen molar-refractivity contribution in [3.63, 3.8) is 0 Å². The maximum Gasteiger partial charge on any atom is 0.336 e. The third-order valence-electron chi connectivity index (χ3n) is 5.90. The van der Waals surface area contributed by atoms with Crippen LogP contribution in [0.3, 0.4) is 0 Å². The Morgan fingerprint density at radius 3 is 2.05 bits per heavy atom. The van der Waals surface area contributed by atoms with E-state index < -0.39 is 63.8 Å². The molecule has 0 radical (unpaired) electrons. The summed E-state index contributed by atoms with van der Waals surface area (Å²) < 4.78 is 74.3. The zero-order valence-corrected chi connectivity index (χ0v) is 21.4. The SMILES string of the molecule is CC(C)(C)c1ccc(-c2c3ccc(=N)c(S(=O)(=O)O)c-3oc3c(S(=O)(=O)O)c(N)ccc23)c(C(=O)O)c1. The normalized spacial score (nSPS) is 12.8. The molecule has 2 aromatic rings. The summed E-state index contributed by atoms with van der Waals surface area (Å²) in [6, 6.07) is 9.48. The van der Waals surface area contributed by atoms with E-state index in [0.717, 1.165) is 6.07 Å². The molecule has 4 rings (SSSR count). The molecule has 0 saturated heterocycles. The van der Waals surface area contributed by atoms with Gasteiger partial charge in [-0.25, -0.2) is 4.79 Å². The number of nitrogen functional groups attached to an aromatic ring is 1. The maximum absolute atomic E-state index is 12.4. The predicted molar refractivity (Wildman–Crippen MR) is 134 cm³/mol. The lowest BCUT2D eigenvalue weighted by atomic mass is 9.83. The average Bonchev–Trinajstić information content (AvgIpc) is 2.74. The Bertz CT molecular complexity index is 1870. The molecule has 11 nitrogen and oxygen atoms in total. The zero-order chi connectivity index (χ0) is 27.7. The third kappa shape index (κ3) is 4.46. The number of carboxylic acid groups (broad SMARTS) is 1. The Labute approximate surface area is 211 Å². The van der Waals surface area contributed by atoms with E-state index in [-0.39, 0.29) is 27.6 Å². The van der Waals surface area contributed by atoms with E-state index in [0.29, 0.717) is 5.56 Å². The molecular weight excluding hydrogens is 524 g/mol. The van der Waals surface area contributed by atoms with Gasteiger partial charge in [-0.15, -0.1) is 0 Å². The van der Waals surface area contributed by atoms with Gasteiger partial charge in [0.2, 0.25) is 0 Å². The van der Waals surface area contributed by atoms with Crippen molar-refractivity contribution in [1.82, 2.24) is 0 Å². The number of rotatable bonds is 4. The molecule has 1 aliphatic carbocycles. The van der Waals surface area contributed by atoms with Crippen LogP contribution < -0.4 is 11.1 Å². The lowest BCUT2D eigenvalue weighted by Gasteiger charge is -2.23. The Morgan fingerprint density at radius 2 is 1.51 bits per heavy atom. The number of aromatic carboxylic acids is 1. The Balaban J connectivity index is 2.35. The molecule has 0 fully saturated rings. The van der Waals surface area contributed by atoms with Crippen LogP contribution in [0.5, 0.6) is 0 Å². The van der Waals surface area contributed by atoms with Gasteiger partial charge < -0.3 is 15.3 Å². The molecule has 13 heteroatoms. The summed E-state index contributed by atoms with van der Waals surface area (Å²) >= 11 is 0. The Kier molecular flexibility index (Phi) is 5.95. The Morgan fingerprint density at radius 1 is 0.919 bits per heavy atom. The molecule has 6 N–H and O–H groups in total. The van der Waals surface area contributed by atoms with E-state index in [1.54, 1.807) is 6.07 Å². The standard InChI is InChI=1S/C24H22N2O9S2/c1-24(2,3)11-4-5-12(15(10-11)23(27)28)18-13-6-8-16(25)21(36(29,30)31)19(13)35-20-14(18)7-9-17(26)22(20)37(32,33)34/h4-10,25H,26H2,1-3H3,(H,27,28)(H,29,30,31)(H,32,33,34). The van der Waals surface area contributed by atoms with Crippen molar-refractivity contribution in [3.05, 3.63) is 58.9 Å². The molecule has 2 aliphatic rings. The number of carboxylic acids is 1. The van der Waals surface area contributed by atoms with Crippen molar-refractivity contribution < 1.29 is 40.3 Å². The lowest BCUT2D eigenvalue weighted by Crippen LogP contribution is -2.17. The summed E-state index contributed by atoms with van der Waals surface area (Å²) in [6.45, 7) is 5.65. The highest BCUT2D eigenvalue weighted by molar-refractivity contribution is 7.86. The summed E-state index contributed by atoms with van der Waals surface area (Å²) in [4.78, 5) is 10.5. The van der Waals surface area contributed by atoms with Gasteiger partial charge in [0.15, 0.2) is 21.1 Å². The van der Waals surface area contributed by atoms with Gasteiger partial charge in [-0.05, 0) is 46.9 Å². The molecule has 0 atom stereocenters. The van der Waals surface area contributed by atoms with E-state index in [9.17, 15) is 35.8 Å². The number of fused-ring (bicyclic) bond motifs is 2. The molecule has 0 saturated carbocycles. The number of hydrogen-bond donors (Lipinski definition) is 5. The van der Waals surface area contributed by atoms with Gasteiger partial charge in [-0.3, -0.25) is 14.5 Å². The van der Waals surface area contributed by atoms with E-state index >= 15 is 0 Å². The summed E-state index contributed by atoms with van der Waals surface area (Å²) in [7, 11) is -10.1. The topological polar surface area (TPSA) is 209 Å². The molecular formula is C24H22N2O9S2. The summed E-state index contributed by atoms with van der Waals surface area (Å²) in [5.41, 5.74) is 4.92. The molecule has 1 aliphatic heterocycles. The minimum Gasteiger partial charge on any atom is -0.478 e. The van der Waals surface area contributed by atoms with Crippen LogP contribution in [0.15, 0.2) is 56.7 Å². The largest absolute Gasteiger partial charge is 0.478 e. The highest BCUT2D eigenvalue weighted by Gasteiger charge is 2.32. The van der Waals surface area contributed by atoms with Crippen molar-refractivity contribution in [2.45, 2.75) is 36.0 Å². The number of hydrogen-bond acceptors (Lipinski definition) is 8. The van der Waals surface area contributed by atoms with Gasteiger partial charge in [-0.2, -0.15) is 16.8 Å². The van der Waals surface area contributed by atoms with Gasteiger partial charge in [-0.1, -0.05) is 32.9 Å². The van der Waals surface area contributed by atoms with Crippen LogP contribution in [0.1, 0.15) is 36.7 Å². The van der Waals surface area contributed by atoms with Crippen molar-refractivity contribution in [1.29, 1.82) is 5.41 Å². The van der Waals surface area contributed by atoms with Gasteiger partial charge in [0.25, 0.3) is 20.2 Å². The number of anilines is 1. The first-order valence-corrected chi connectivity index (χ1v) is 13.5. The monoisotopic (exact) mass is 546 g/mol. The summed E-state index contributed by atoms with van der Waals surface area (Å²) in [6.07, 6.45) is 0. The second-order valence-electron chi connectivity index (χ2n) is 9.42. The molecule has 37 heavy (non-hydrogen) atoms. The van der Waals surface area contributed by atoms with Crippen LogP contribution in [-0.2, 0) is 25.7 Å². The van der Waals surface area contributed by atoms with E-state index in [2.05, 4.69) is 0 Å². The lowest BCUT2D eigenvalue weighted by molar-refractivity contribution is 0.0697. The van der Waals surface area contributed by atoms with Crippen LogP contribution in [0.2, 0.25) is 0 Å². The fraction of sp³-hybridized carbons (Fsp3) is 0.167. The van der Waals surface area contributed by atoms with Crippen LogP contribution in [0.25, 0.3) is 33.4 Å². The minimum atomic E-state index is -5.08. The quantitative estimate of drug-likeness (QED) is 0.142. The first-order valence-electron chi connectivity index (χ1n) is 10.6. The molecule has 0 unspecified atom stereocenters. The van der Waals surface area contributed by atoms with E-state index in [1.807, 2.05) is 20.8 Å². The molecule has 0 aromatic heterocycles. The van der Waals surface area contributed by atoms with Crippen molar-refractivity contribution >= 4 is 42.9 Å². The van der Waals surface area contributed by atoms with Gasteiger partial charge >= 0.3 is 5.97 Å². The number of nitrogens with two attached hydrogens (primary N) is 1. The van der Waals surface area contributed by atoms with Crippen molar-refractivity contribution in [2.75, 3.05) is 5.73 Å². The second-order valence-corrected chi connectivity index (χ2v) is 12.1. The van der Waals surface area contributed by atoms with Crippen LogP contribution in [0.4, 0.5) is 5.69 Å². The number of benzene rings is 3. The van der Waals surface area contributed by atoms with Crippen molar-refractivity contribution in [3.8, 4) is 22.5 Å². The predicted octanol–water partition coefficient (Wildman–Crippen LogP) is 3.76. The highest BCUT2D eigenvalue weighted by atomic mass is 32.2. The maximum atomic E-state index is 12.4. The Hall–Kier alpha value is -3.78. The minimum absolute atomic E-state index is 0.0145. The van der Waals surface area contributed by atoms with Gasteiger partial charge in [0.1, 0.15) is 0 Å². The van der Waals surface area contributed by atoms with Crippen LogP contribution in [-0.4, -0.2) is 37.0 Å². The smallest absolute Gasteiger partial charge is 0.336 e. The zero-order valence-electron chi connectivity index (χ0n) is 19.7. The van der Waals surface area contributed by atoms with E-state index in [1.165, 1.54) is 30.3 Å². The van der Waals surface area contributed by atoms with Crippen LogP contribution >= 0.6 is 0 Å². The molecule has 0 amide bonds. The average molecular weight is 547 g/mol. The van der Waals surface area contributed by atoms with Crippen LogP contribution in [0, 0.1) is 5.41 Å².